The molecule has 0 aliphatic carbocycles. The van der Waals surface area contributed by atoms with E-state index in [9.17, 15) is 4.79 Å². The van der Waals surface area contributed by atoms with Crippen molar-refractivity contribution in [2.24, 2.45) is 0 Å². The quantitative estimate of drug-likeness (QED) is 0.797. The van der Waals surface area contributed by atoms with Gasteiger partial charge in [-0.25, -0.2) is 0 Å². The van der Waals surface area contributed by atoms with Gasteiger partial charge in [0.1, 0.15) is 5.82 Å². The number of benzene rings is 1. The van der Waals surface area contributed by atoms with Gasteiger partial charge in [-0.3, -0.25) is 4.79 Å². The molecule has 5 nitrogen and oxygen atoms in total. The zero-order valence-electron chi connectivity index (χ0n) is 13.2. The van der Waals surface area contributed by atoms with Crippen molar-refractivity contribution in [2.75, 3.05) is 6.54 Å². The summed E-state index contributed by atoms with van der Waals surface area (Å²) in [6, 6.07) is 10.2. The first-order chi connectivity index (χ1) is 10.6. The van der Waals surface area contributed by atoms with Crippen molar-refractivity contribution in [2.45, 2.75) is 44.1 Å². The Morgan fingerprint density at radius 2 is 2.05 bits per heavy atom. The number of amides is 1. The molecule has 22 heavy (non-hydrogen) atoms. The lowest BCUT2D eigenvalue weighted by molar-refractivity contribution is -0.120. The van der Waals surface area contributed by atoms with Gasteiger partial charge in [0.15, 0.2) is 5.16 Å². The molecule has 1 unspecified atom stereocenters. The highest BCUT2D eigenvalue weighted by Gasteiger charge is 2.18. The van der Waals surface area contributed by atoms with Crippen molar-refractivity contribution in [1.29, 1.82) is 0 Å². The molecule has 0 spiro atoms. The van der Waals surface area contributed by atoms with Crippen LogP contribution in [0, 0.1) is 6.92 Å². The van der Waals surface area contributed by atoms with E-state index in [1.165, 1.54) is 17.3 Å². The van der Waals surface area contributed by atoms with Gasteiger partial charge >= 0.3 is 0 Å². The fraction of sp³-hybridized carbons (Fsp3) is 0.438. The zero-order chi connectivity index (χ0) is 15.9. The standard InChI is InChI=1S/C16H22N4OS/c1-4-10-17-15(21)12(2)22-16-19-18-13(3)20(16)11-14-8-6-5-7-9-14/h5-9,12H,4,10-11H2,1-3H3,(H,17,21). The number of hydrogen-bond acceptors (Lipinski definition) is 4. The van der Waals surface area contributed by atoms with Gasteiger partial charge < -0.3 is 9.88 Å². The van der Waals surface area contributed by atoms with Gasteiger partial charge in [0.05, 0.1) is 11.8 Å². The first kappa shape index (κ1) is 16.5. The maximum atomic E-state index is 12.0. The highest BCUT2D eigenvalue weighted by molar-refractivity contribution is 8.00. The maximum absolute atomic E-state index is 12.0. The zero-order valence-corrected chi connectivity index (χ0v) is 14.1. The number of nitrogens with zero attached hydrogens (tertiary/aromatic N) is 3. The minimum Gasteiger partial charge on any atom is -0.355 e. The molecule has 2 rings (SSSR count). The number of nitrogens with one attached hydrogen (secondary N) is 1. The average molecular weight is 318 g/mol. The molecule has 1 atom stereocenters. The molecule has 1 aromatic carbocycles. The predicted molar refractivity (Wildman–Crippen MR) is 88.9 cm³/mol. The summed E-state index contributed by atoms with van der Waals surface area (Å²) in [6.07, 6.45) is 0.937. The van der Waals surface area contributed by atoms with Crippen LogP contribution in [0.15, 0.2) is 35.5 Å². The van der Waals surface area contributed by atoms with Gasteiger partial charge in [0.25, 0.3) is 0 Å². The first-order valence-electron chi connectivity index (χ1n) is 7.50. The molecule has 6 heteroatoms. The molecular formula is C16H22N4OS. The van der Waals surface area contributed by atoms with Crippen LogP contribution in [0.2, 0.25) is 0 Å². The Morgan fingerprint density at radius 3 is 2.73 bits per heavy atom. The Balaban J connectivity index is 2.07. The molecule has 0 saturated heterocycles. The summed E-state index contributed by atoms with van der Waals surface area (Å²) >= 11 is 1.45. The van der Waals surface area contributed by atoms with Gasteiger partial charge in [-0.05, 0) is 25.8 Å². The summed E-state index contributed by atoms with van der Waals surface area (Å²) in [4.78, 5) is 12.0. The molecule has 0 saturated carbocycles. The van der Waals surface area contributed by atoms with E-state index >= 15 is 0 Å². The van der Waals surface area contributed by atoms with E-state index < -0.39 is 0 Å². The summed E-state index contributed by atoms with van der Waals surface area (Å²) in [5.74, 6) is 0.895. The molecule has 2 aromatic rings. The topological polar surface area (TPSA) is 59.8 Å². The Labute approximate surface area is 135 Å². The number of rotatable bonds is 7. The third kappa shape index (κ3) is 4.34. The van der Waals surface area contributed by atoms with Gasteiger partial charge in [0.2, 0.25) is 5.91 Å². The van der Waals surface area contributed by atoms with Crippen molar-refractivity contribution in [1.82, 2.24) is 20.1 Å². The summed E-state index contributed by atoms with van der Waals surface area (Å²) < 4.78 is 2.05. The fourth-order valence-corrected chi connectivity index (χ4v) is 2.92. The van der Waals surface area contributed by atoms with Crippen LogP contribution in [-0.4, -0.2) is 32.5 Å². The van der Waals surface area contributed by atoms with Crippen LogP contribution in [-0.2, 0) is 11.3 Å². The highest BCUT2D eigenvalue weighted by atomic mass is 32.2. The molecule has 118 valence electrons. The largest absolute Gasteiger partial charge is 0.355 e. The number of carbonyl (C=O) groups excluding carboxylic acids is 1. The van der Waals surface area contributed by atoms with Crippen molar-refractivity contribution in [3.63, 3.8) is 0 Å². The van der Waals surface area contributed by atoms with E-state index in [0.29, 0.717) is 13.1 Å². The summed E-state index contributed by atoms with van der Waals surface area (Å²) in [6.45, 7) is 7.29. The number of aryl methyl sites for hydroxylation is 1. The van der Waals surface area contributed by atoms with Crippen molar-refractivity contribution in [3.05, 3.63) is 41.7 Å². The Hall–Kier alpha value is -1.82. The third-order valence-corrected chi connectivity index (χ3v) is 4.37. The number of thioether (sulfide) groups is 1. The summed E-state index contributed by atoms with van der Waals surface area (Å²) in [5.41, 5.74) is 1.19. The molecule has 0 fully saturated rings. The Morgan fingerprint density at radius 1 is 1.32 bits per heavy atom. The average Bonchev–Trinajstić information content (AvgIpc) is 2.86. The van der Waals surface area contributed by atoms with Crippen LogP contribution in [0.4, 0.5) is 0 Å². The predicted octanol–water partition coefficient (Wildman–Crippen LogP) is 2.64. The Kier molecular flexibility index (Phi) is 6.00. The second-order valence-corrected chi connectivity index (χ2v) is 6.46. The minimum atomic E-state index is -0.190. The summed E-state index contributed by atoms with van der Waals surface area (Å²) in [7, 11) is 0. The van der Waals surface area contributed by atoms with E-state index in [2.05, 4.69) is 27.6 Å². The first-order valence-corrected chi connectivity index (χ1v) is 8.38. The van der Waals surface area contributed by atoms with Gasteiger partial charge in [-0.1, -0.05) is 49.0 Å². The maximum Gasteiger partial charge on any atom is 0.233 e. The van der Waals surface area contributed by atoms with Gasteiger partial charge in [0, 0.05) is 6.54 Å². The van der Waals surface area contributed by atoms with Crippen LogP contribution in [0.25, 0.3) is 0 Å². The van der Waals surface area contributed by atoms with Crippen LogP contribution in [0.1, 0.15) is 31.7 Å². The van der Waals surface area contributed by atoms with Gasteiger partial charge in [-0.15, -0.1) is 10.2 Å². The molecule has 0 radical (unpaired) electrons. The van der Waals surface area contributed by atoms with E-state index in [1.54, 1.807) is 0 Å². The summed E-state index contributed by atoms with van der Waals surface area (Å²) in [5, 5.41) is 11.9. The van der Waals surface area contributed by atoms with Gasteiger partial charge in [-0.2, -0.15) is 0 Å². The molecule has 1 N–H and O–H groups in total. The number of aromatic nitrogens is 3. The molecule has 0 aliphatic heterocycles. The van der Waals surface area contributed by atoms with Crippen molar-refractivity contribution >= 4 is 17.7 Å². The SMILES string of the molecule is CCCNC(=O)C(C)Sc1nnc(C)n1Cc1ccccc1. The lowest BCUT2D eigenvalue weighted by atomic mass is 10.2. The van der Waals surface area contributed by atoms with Crippen molar-refractivity contribution < 1.29 is 4.79 Å². The molecule has 0 bridgehead atoms. The van der Waals surface area contributed by atoms with Crippen LogP contribution in [0.3, 0.4) is 0 Å². The fourth-order valence-electron chi connectivity index (χ4n) is 2.00. The van der Waals surface area contributed by atoms with E-state index in [1.807, 2.05) is 43.5 Å². The van der Waals surface area contributed by atoms with Crippen molar-refractivity contribution in [3.8, 4) is 0 Å². The second kappa shape index (κ2) is 7.98. The highest BCUT2D eigenvalue weighted by Crippen LogP contribution is 2.23. The van der Waals surface area contributed by atoms with Crippen LogP contribution >= 0.6 is 11.8 Å². The number of hydrogen-bond donors (Lipinski definition) is 1. The molecule has 1 aromatic heterocycles. The van der Waals surface area contributed by atoms with Crippen LogP contribution < -0.4 is 5.32 Å². The van der Waals surface area contributed by atoms with E-state index in [4.69, 9.17) is 0 Å². The lowest BCUT2D eigenvalue weighted by Crippen LogP contribution is -2.31. The normalized spacial score (nSPS) is 12.1. The number of carbonyl (C=O) groups is 1. The smallest absolute Gasteiger partial charge is 0.233 e. The molecule has 1 amide bonds. The minimum absolute atomic E-state index is 0.0405. The monoisotopic (exact) mass is 318 g/mol. The Bertz CT molecular complexity index is 612. The lowest BCUT2D eigenvalue weighted by Gasteiger charge is -2.13. The molecule has 1 heterocycles. The van der Waals surface area contributed by atoms with Crippen LogP contribution in [0.5, 0.6) is 0 Å². The third-order valence-electron chi connectivity index (χ3n) is 3.29. The molecule has 0 aliphatic rings. The van der Waals surface area contributed by atoms with E-state index in [-0.39, 0.29) is 11.2 Å². The molecular weight excluding hydrogens is 296 g/mol. The second-order valence-electron chi connectivity index (χ2n) is 5.15. The van der Waals surface area contributed by atoms with E-state index in [0.717, 1.165) is 17.4 Å².